The lowest BCUT2D eigenvalue weighted by Gasteiger charge is -2.40. The van der Waals surface area contributed by atoms with Crippen LogP contribution in [-0.4, -0.2) is 72.7 Å². The molecule has 9 rings (SSSR count). The molecule has 1 amide bonds. The van der Waals surface area contributed by atoms with E-state index >= 15 is 0 Å². The Morgan fingerprint density at radius 3 is 1.53 bits per heavy atom. The van der Waals surface area contributed by atoms with Crippen molar-refractivity contribution < 1.29 is 38.0 Å². The largest absolute Gasteiger partial charge is 0.497 e. The molecular weight excluding hydrogens is 887 g/mol. The molecule has 0 saturated carbocycles. The third-order valence-corrected chi connectivity index (χ3v) is 12.8. The topological polar surface area (TPSA) is 157 Å². The normalized spacial score (nSPS) is 16.0. The van der Waals surface area contributed by atoms with Crippen molar-refractivity contribution in [1.29, 1.82) is 0 Å². The van der Waals surface area contributed by atoms with Crippen LogP contribution in [0.2, 0.25) is 0 Å². The number of nitrogens with zero attached hydrogens (tertiary/aromatic N) is 3. The van der Waals surface area contributed by atoms with E-state index < -0.39 is 35.2 Å². The molecule has 0 bridgehead atoms. The first kappa shape index (κ1) is 47.3. The summed E-state index contributed by atoms with van der Waals surface area (Å²) in [6, 6.07) is 51.5. The molecule has 1 fully saturated rings. The van der Waals surface area contributed by atoms with E-state index in [0.717, 1.165) is 33.4 Å². The van der Waals surface area contributed by atoms with Crippen LogP contribution < -0.4 is 29.8 Å². The molecule has 14 heteroatoms. The fourth-order valence-electron chi connectivity index (χ4n) is 9.14. The van der Waals surface area contributed by atoms with Crippen molar-refractivity contribution in [3.8, 4) is 23.0 Å². The fraction of sp³-hybridized carbons (Fsp3) is 0.250. The Kier molecular flexibility index (Phi) is 13.8. The third-order valence-electron chi connectivity index (χ3n) is 12.8. The summed E-state index contributed by atoms with van der Waals surface area (Å²) in [6.07, 6.45) is -0.476. The van der Waals surface area contributed by atoms with E-state index in [4.69, 9.17) is 38.1 Å². The molecule has 3 atom stereocenters. The van der Waals surface area contributed by atoms with Gasteiger partial charge in [-0.05, 0) is 81.9 Å². The highest BCUT2D eigenvalue weighted by Crippen LogP contribution is 2.48. The molecule has 0 unspecified atom stereocenters. The summed E-state index contributed by atoms with van der Waals surface area (Å²) in [6.45, 7) is 3.52. The maximum Gasteiger partial charge on any atom is 0.280 e. The average Bonchev–Trinajstić information content (AvgIpc) is 4.03. The van der Waals surface area contributed by atoms with Crippen LogP contribution in [-0.2, 0) is 30.2 Å². The van der Waals surface area contributed by atoms with Crippen LogP contribution in [0.4, 0.5) is 5.95 Å². The number of carbonyl (C=O) groups is 1. The number of benzene rings is 6. The zero-order valence-electron chi connectivity index (χ0n) is 39.8. The van der Waals surface area contributed by atoms with Crippen molar-refractivity contribution in [3.63, 3.8) is 0 Å². The van der Waals surface area contributed by atoms with Crippen LogP contribution in [0.5, 0.6) is 23.0 Å². The van der Waals surface area contributed by atoms with Gasteiger partial charge in [0, 0.05) is 12.3 Å². The lowest BCUT2D eigenvalue weighted by molar-refractivity contribution is -0.125. The van der Waals surface area contributed by atoms with Gasteiger partial charge in [-0.1, -0.05) is 123 Å². The Bertz CT molecular complexity index is 2980. The molecule has 1 aliphatic heterocycles. The van der Waals surface area contributed by atoms with Crippen LogP contribution >= 0.6 is 0 Å². The van der Waals surface area contributed by atoms with Crippen molar-refractivity contribution in [1.82, 2.24) is 19.5 Å². The Balaban J connectivity index is 1.22. The number of H-pyrrole nitrogens is 1. The van der Waals surface area contributed by atoms with Crippen LogP contribution in [0.25, 0.3) is 11.2 Å². The molecule has 0 aliphatic carbocycles. The minimum absolute atomic E-state index is 0.000547. The predicted octanol–water partition coefficient (Wildman–Crippen LogP) is 9.42. The second kappa shape index (κ2) is 20.4. The monoisotopic (exact) mass is 941 g/mol. The maximum absolute atomic E-state index is 13.5. The molecule has 0 radical (unpaired) electrons. The van der Waals surface area contributed by atoms with Crippen LogP contribution in [0.1, 0.15) is 59.9 Å². The highest BCUT2D eigenvalue weighted by atomic mass is 16.6. The predicted molar refractivity (Wildman–Crippen MR) is 266 cm³/mol. The summed E-state index contributed by atoms with van der Waals surface area (Å²) in [5.74, 6) is 2.09. The number of hydrogen-bond donors (Lipinski definition) is 2. The average molecular weight is 942 g/mol. The van der Waals surface area contributed by atoms with Gasteiger partial charge in [0.1, 0.15) is 46.5 Å². The van der Waals surface area contributed by atoms with Gasteiger partial charge in [0.2, 0.25) is 11.9 Å². The number of hydrogen-bond acceptors (Lipinski definition) is 11. The molecule has 8 aromatic rings. The number of rotatable bonds is 18. The van der Waals surface area contributed by atoms with E-state index in [1.54, 1.807) is 46.9 Å². The van der Waals surface area contributed by atoms with Gasteiger partial charge in [-0.3, -0.25) is 24.5 Å². The van der Waals surface area contributed by atoms with Gasteiger partial charge in [-0.25, -0.2) is 4.98 Å². The van der Waals surface area contributed by atoms with Crippen LogP contribution in [0, 0.1) is 5.92 Å². The number of nitrogens with one attached hydrogen (secondary N) is 2. The van der Waals surface area contributed by atoms with E-state index in [1.807, 2.05) is 158 Å². The molecule has 2 N–H and O–H groups in total. The van der Waals surface area contributed by atoms with Gasteiger partial charge in [0.15, 0.2) is 11.2 Å². The van der Waals surface area contributed by atoms with Crippen molar-refractivity contribution in [2.75, 3.05) is 40.4 Å². The standard InChI is InChI=1S/C56H55N5O9/c1-36(2)52(62)59-54-58-51-50(53(63)60-54)57-35-61(51)49-33-47(70-56(38-15-11-8-12-16-38,41-21-29-45(66-5)30-22-41)42-23-31-46(67-6)32-24-42)48(69-49)34-68-55(37-13-9-7-10-14-37,39-17-25-43(64-3)26-18-39)40-19-27-44(65-4)28-20-40/h7-32,35-36,47-49H,33-34H2,1-6H3,(H2,58,59,60,62,63)/t47-,48+,49+/m0/s1. The Labute approximate surface area is 406 Å². The number of fused-ring (bicyclic) bond motifs is 1. The minimum Gasteiger partial charge on any atom is -0.497 e. The maximum atomic E-state index is 13.5. The van der Waals surface area contributed by atoms with Crippen molar-refractivity contribution in [2.45, 2.75) is 49.9 Å². The number of methoxy groups -OCH3 is 4. The van der Waals surface area contributed by atoms with Crippen molar-refractivity contribution in [3.05, 3.63) is 208 Å². The van der Waals surface area contributed by atoms with Crippen molar-refractivity contribution >= 4 is 23.0 Å². The van der Waals surface area contributed by atoms with Gasteiger partial charge in [0.05, 0.1) is 47.5 Å². The molecule has 1 saturated heterocycles. The number of carbonyl (C=O) groups excluding carboxylic acids is 1. The van der Waals surface area contributed by atoms with Gasteiger partial charge >= 0.3 is 0 Å². The summed E-state index contributed by atoms with van der Waals surface area (Å²) in [7, 11) is 6.55. The van der Waals surface area contributed by atoms with Gasteiger partial charge in [-0.2, -0.15) is 4.98 Å². The number of ether oxygens (including phenoxy) is 7. The van der Waals surface area contributed by atoms with E-state index in [0.29, 0.717) is 23.0 Å². The number of aromatic amines is 1. The van der Waals surface area contributed by atoms with E-state index in [-0.39, 0.29) is 42.0 Å². The molecule has 0 spiro atoms. The fourth-order valence-corrected chi connectivity index (χ4v) is 9.14. The molecule has 358 valence electrons. The smallest absolute Gasteiger partial charge is 0.280 e. The second-order valence-corrected chi connectivity index (χ2v) is 17.2. The van der Waals surface area contributed by atoms with Gasteiger partial charge in [0.25, 0.3) is 5.56 Å². The molecule has 14 nitrogen and oxygen atoms in total. The molecule has 2 aromatic heterocycles. The molecule has 3 heterocycles. The molecule has 6 aromatic carbocycles. The molecule has 1 aliphatic rings. The number of imidazole rings is 1. The first-order chi connectivity index (χ1) is 34.1. The van der Waals surface area contributed by atoms with Crippen LogP contribution in [0.15, 0.2) is 169 Å². The number of amides is 1. The quantitative estimate of drug-likeness (QED) is 0.0790. The molecule has 70 heavy (non-hydrogen) atoms. The summed E-state index contributed by atoms with van der Waals surface area (Å²) < 4.78 is 46.8. The SMILES string of the molecule is COc1ccc(C(OC[C@H]2O[C@@H](n3cnc4c(=O)[nH]c(NC(=O)C(C)C)nc43)C[C@@H]2OC(c2ccccc2)(c2ccc(OC)cc2)c2ccc(OC)cc2)(c2ccccc2)c2ccc(OC)cc2)cc1. The zero-order valence-corrected chi connectivity index (χ0v) is 39.8. The first-order valence-electron chi connectivity index (χ1n) is 23.0. The highest BCUT2D eigenvalue weighted by Gasteiger charge is 2.48. The second-order valence-electron chi connectivity index (χ2n) is 17.2. The minimum atomic E-state index is -1.25. The van der Waals surface area contributed by atoms with Crippen molar-refractivity contribution in [2.24, 2.45) is 5.92 Å². The van der Waals surface area contributed by atoms with E-state index in [9.17, 15) is 9.59 Å². The van der Waals surface area contributed by atoms with Crippen LogP contribution in [0.3, 0.4) is 0 Å². The Morgan fingerprint density at radius 2 is 1.09 bits per heavy atom. The summed E-state index contributed by atoms with van der Waals surface area (Å²) >= 11 is 0. The Hall–Kier alpha value is -7.78. The molecular formula is C56H55N5O9. The lowest BCUT2D eigenvalue weighted by Crippen LogP contribution is -2.43. The Morgan fingerprint density at radius 1 is 0.657 bits per heavy atom. The third kappa shape index (κ3) is 9.11. The summed E-state index contributed by atoms with van der Waals surface area (Å²) in [5, 5.41) is 2.73. The van der Waals surface area contributed by atoms with E-state index in [2.05, 4.69) is 15.3 Å². The highest BCUT2D eigenvalue weighted by molar-refractivity contribution is 5.91. The summed E-state index contributed by atoms with van der Waals surface area (Å²) in [4.78, 5) is 38.2. The number of anilines is 1. The van der Waals surface area contributed by atoms with Gasteiger partial charge in [-0.15, -0.1) is 0 Å². The van der Waals surface area contributed by atoms with E-state index in [1.165, 1.54) is 6.33 Å². The first-order valence-corrected chi connectivity index (χ1v) is 23.0. The summed E-state index contributed by atoms with van der Waals surface area (Å²) in [5.41, 5.74) is 2.41. The number of aromatic nitrogens is 4. The lowest BCUT2D eigenvalue weighted by atomic mass is 9.79. The zero-order chi connectivity index (χ0) is 48.8. The van der Waals surface area contributed by atoms with Gasteiger partial charge < -0.3 is 33.2 Å².